The fourth-order valence-electron chi connectivity index (χ4n) is 2.18. The number of rotatable bonds is 6. The van der Waals surface area contributed by atoms with Crippen LogP contribution in [0.5, 0.6) is 0 Å². The molecule has 0 aliphatic carbocycles. The Morgan fingerprint density at radius 2 is 2.06 bits per heavy atom. The Balaban J connectivity index is 3.06. The lowest BCUT2D eigenvalue weighted by Crippen LogP contribution is -2.47. The molecule has 0 heterocycles. The highest BCUT2D eigenvalue weighted by molar-refractivity contribution is 5.80. The summed E-state index contributed by atoms with van der Waals surface area (Å²) in [6, 6.07) is 5.90. The molecule has 1 unspecified atom stereocenters. The molecule has 0 aliphatic rings. The maximum absolute atomic E-state index is 11.6. The number of benzene rings is 1. The van der Waals surface area contributed by atoms with Crippen LogP contribution < -0.4 is 5.32 Å². The molecule has 1 atom stereocenters. The minimum Gasteiger partial charge on any atom is -0.480 e. The van der Waals surface area contributed by atoms with E-state index in [0.717, 1.165) is 29.5 Å². The largest absolute Gasteiger partial charge is 0.480 e. The molecule has 1 rings (SSSR count). The second kappa shape index (κ2) is 6.01. The fraction of sp³-hybridized carbons (Fsp3) is 0.533. The molecule has 0 saturated carbocycles. The molecule has 0 radical (unpaired) electrons. The monoisotopic (exact) mass is 249 g/mol. The number of hydrogen-bond donors (Lipinski definition) is 2. The van der Waals surface area contributed by atoms with Crippen LogP contribution in [0.15, 0.2) is 18.2 Å². The first kappa shape index (κ1) is 14.7. The second-order valence-corrected chi connectivity index (χ2v) is 5.03. The summed E-state index contributed by atoms with van der Waals surface area (Å²) in [5.74, 6) is -0.828. The van der Waals surface area contributed by atoms with E-state index in [9.17, 15) is 9.90 Å². The molecule has 0 bridgehead atoms. The predicted molar refractivity (Wildman–Crippen MR) is 73.8 cm³/mol. The number of nitrogens with one attached hydrogen (secondary N) is 1. The highest BCUT2D eigenvalue weighted by Gasteiger charge is 2.35. The van der Waals surface area contributed by atoms with E-state index in [2.05, 4.69) is 12.2 Å². The minimum atomic E-state index is -1.01. The van der Waals surface area contributed by atoms with Gasteiger partial charge in [0.05, 0.1) is 0 Å². The van der Waals surface area contributed by atoms with Crippen LogP contribution in [0.4, 0.5) is 0 Å². The molecule has 1 aromatic rings. The van der Waals surface area contributed by atoms with E-state index < -0.39 is 11.5 Å². The fourth-order valence-corrected chi connectivity index (χ4v) is 2.18. The molecule has 0 saturated heterocycles. The minimum absolute atomic E-state index is 0.715. The van der Waals surface area contributed by atoms with Crippen LogP contribution in [0, 0.1) is 13.8 Å². The summed E-state index contributed by atoms with van der Waals surface area (Å²) >= 11 is 0. The van der Waals surface area contributed by atoms with Gasteiger partial charge in [-0.15, -0.1) is 0 Å². The third-order valence-electron chi connectivity index (χ3n) is 3.36. The zero-order chi connectivity index (χ0) is 13.8. The summed E-state index contributed by atoms with van der Waals surface area (Å²) in [7, 11) is 0. The molecule has 3 nitrogen and oxygen atoms in total. The first-order valence-electron chi connectivity index (χ1n) is 6.48. The first-order chi connectivity index (χ1) is 8.41. The van der Waals surface area contributed by atoms with Crippen molar-refractivity contribution < 1.29 is 9.90 Å². The Labute approximate surface area is 109 Å². The van der Waals surface area contributed by atoms with Gasteiger partial charge in [-0.1, -0.05) is 37.1 Å². The van der Waals surface area contributed by atoms with Gasteiger partial charge in [-0.3, -0.25) is 5.32 Å². The summed E-state index contributed by atoms with van der Waals surface area (Å²) in [6.07, 6.45) is 2.03. The van der Waals surface area contributed by atoms with Crippen molar-refractivity contribution in [2.75, 3.05) is 6.54 Å². The van der Waals surface area contributed by atoms with Gasteiger partial charge in [0.25, 0.3) is 0 Å². The van der Waals surface area contributed by atoms with Crippen molar-refractivity contribution in [3.05, 3.63) is 34.9 Å². The third kappa shape index (κ3) is 3.10. The van der Waals surface area contributed by atoms with E-state index in [-0.39, 0.29) is 0 Å². The molecule has 1 aromatic carbocycles. The van der Waals surface area contributed by atoms with Crippen LogP contribution in [0.1, 0.15) is 43.4 Å². The van der Waals surface area contributed by atoms with Crippen LogP contribution in [0.2, 0.25) is 0 Å². The first-order valence-corrected chi connectivity index (χ1v) is 6.48. The predicted octanol–water partition coefficient (Wildman–Crippen LogP) is 2.99. The summed E-state index contributed by atoms with van der Waals surface area (Å²) in [5, 5.41) is 12.7. The number of carboxylic acid groups (broad SMARTS) is 1. The van der Waals surface area contributed by atoms with E-state index in [1.165, 1.54) is 0 Å². The van der Waals surface area contributed by atoms with Gasteiger partial charge in [-0.2, -0.15) is 0 Å². The van der Waals surface area contributed by atoms with Gasteiger partial charge in [-0.25, -0.2) is 4.79 Å². The second-order valence-electron chi connectivity index (χ2n) is 5.03. The van der Waals surface area contributed by atoms with Crippen molar-refractivity contribution >= 4 is 5.97 Å². The molecule has 0 aromatic heterocycles. The molecule has 0 fully saturated rings. The van der Waals surface area contributed by atoms with Gasteiger partial charge >= 0.3 is 5.97 Å². The Bertz CT molecular complexity index is 429. The topological polar surface area (TPSA) is 49.3 Å². The Hall–Kier alpha value is -1.35. The van der Waals surface area contributed by atoms with E-state index in [1.54, 1.807) is 6.92 Å². The van der Waals surface area contributed by atoms with Crippen LogP contribution in [-0.2, 0) is 10.3 Å². The van der Waals surface area contributed by atoms with Crippen LogP contribution in [0.3, 0.4) is 0 Å². The zero-order valence-corrected chi connectivity index (χ0v) is 11.7. The van der Waals surface area contributed by atoms with Gasteiger partial charge in [0.15, 0.2) is 0 Å². The number of hydrogen-bond acceptors (Lipinski definition) is 2. The molecule has 0 amide bonds. The number of unbranched alkanes of at least 4 members (excludes halogenated alkanes) is 1. The zero-order valence-electron chi connectivity index (χ0n) is 11.7. The van der Waals surface area contributed by atoms with Crippen LogP contribution in [-0.4, -0.2) is 17.6 Å². The Morgan fingerprint density at radius 1 is 1.39 bits per heavy atom. The molecule has 18 heavy (non-hydrogen) atoms. The number of aryl methyl sites for hydroxylation is 2. The third-order valence-corrected chi connectivity index (χ3v) is 3.36. The lowest BCUT2D eigenvalue weighted by Gasteiger charge is -2.28. The molecule has 0 aliphatic heterocycles. The van der Waals surface area contributed by atoms with Gasteiger partial charge < -0.3 is 5.11 Å². The molecular weight excluding hydrogens is 226 g/mol. The van der Waals surface area contributed by atoms with Crippen LogP contribution in [0.25, 0.3) is 0 Å². The van der Waals surface area contributed by atoms with E-state index in [4.69, 9.17) is 0 Å². The van der Waals surface area contributed by atoms with E-state index >= 15 is 0 Å². The SMILES string of the molecule is CCCCNC(C)(C(=O)O)c1ccc(C)cc1C. The highest BCUT2D eigenvalue weighted by Crippen LogP contribution is 2.25. The van der Waals surface area contributed by atoms with E-state index in [1.807, 2.05) is 32.0 Å². The summed E-state index contributed by atoms with van der Waals surface area (Å²) in [4.78, 5) is 11.6. The van der Waals surface area contributed by atoms with Crippen LogP contribution >= 0.6 is 0 Å². The molecular formula is C15H23NO2. The lowest BCUT2D eigenvalue weighted by atomic mass is 9.87. The Morgan fingerprint density at radius 3 is 2.56 bits per heavy atom. The highest BCUT2D eigenvalue weighted by atomic mass is 16.4. The molecule has 2 N–H and O–H groups in total. The Kier molecular flexibility index (Phi) is 4.91. The normalized spacial score (nSPS) is 14.2. The summed E-state index contributed by atoms with van der Waals surface area (Å²) in [6.45, 7) is 8.52. The van der Waals surface area contributed by atoms with Gasteiger partial charge in [0.2, 0.25) is 0 Å². The maximum Gasteiger partial charge on any atom is 0.328 e. The number of aliphatic carboxylic acids is 1. The maximum atomic E-state index is 11.6. The molecule has 100 valence electrons. The molecule has 0 spiro atoms. The molecule has 3 heteroatoms. The average Bonchev–Trinajstić information content (AvgIpc) is 2.28. The van der Waals surface area contributed by atoms with Gasteiger partial charge in [0.1, 0.15) is 5.54 Å². The van der Waals surface area contributed by atoms with Crippen molar-refractivity contribution in [1.29, 1.82) is 0 Å². The van der Waals surface area contributed by atoms with Gasteiger partial charge in [-0.05, 0) is 44.9 Å². The van der Waals surface area contributed by atoms with E-state index in [0.29, 0.717) is 6.54 Å². The number of carboxylic acids is 1. The summed E-state index contributed by atoms with van der Waals surface area (Å²) in [5.41, 5.74) is 2.01. The van der Waals surface area contributed by atoms with Crippen molar-refractivity contribution in [3.63, 3.8) is 0 Å². The number of carbonyl (C=O) groups is 1. The summed E-state index contributed by atoms with van der Waals surface area (Å²) < 4.78 is 0. The lowest BCUT2D eigenvalue weighted by molar-refractivity contribution is -0.144. The van der Waals surface area contributed by atoms with Crippen molar-refractivity contribution in [1.82, 2.24) is 5.32 Å². The van der Waals surface area contributed by atoms with Crippen molar-refractivity contribution in [2.45, 2.75) is 46.1 Å². The standard InChI is InChI=1S/C15H23NO2/c1-5-6-9-16-15(4,14(17)18)13-8-7-11(2)10-12(13)3/h7-8,10,16H,5-6,9H2,1-4H3,(H,17,18). The quantitative estimate of drug-likeness (QED) is 0.762. The van der Waals surface area contributed by atoms with Crippen molar-refractivity contribution in [2.24, 2.45) is 0 Å². The average molecular weight is 249 g/mol. The van der Waals surface area contributed by atoms with Crippen molar-refractivity contribution in [3.8, 4) is 0 Å². The van der Waals surface area contributed by atoms with Gasteiger partial charge in [0, 0.05) is 0 Å². The smallest absolute Gasteiger partial charge is 0.328 e.